The first-order chi connectivity index (χ1) is 12.8. The Hall–Kier alpha value is -1.82. The van der Waals surface area contributed by atoms with E-state index in [-0.39, 0.29) is 5.91 Å². The molecule has 1 saturated carbocycles. The normalized spacial score (nSPS) is 19.1. The summed E-state index contributed by atoms with van der Waals surface area (Å²) in [5, 5.41) is 5.44. The number of alkyl halides is 1. The van der Waals surface area contributed by atoms with Crippen LogP contribution in [0.2, 0.25) is 0 Å². The average Bonchev–Trinajstić information content (AvgIpc) is 2.69. The molecule has 1 aliphatic heterocycles. The molecule has 26 heavy (non-hydrogen) atoms. The summed E-state index contributed by atoms with van der Waals surface area (Å²) >= 11 is -1.62. The fourth-order valence-corrected chi connectivity index (χ4v) is 8.58. The quantitative estimate of drug-likeness (QED) is 0.351. The molecule has 136 valence electrons. The van der Waals surface area contributed by atoms with Gasteiger partial charge < -0.3 is 0 Å². The average molecular weight is 460 g/mol. The Bertz CT molecular complexity index is 834. The molecular formula is C22H25IN2O. The van der Waals surface area contributed by atoms with E-state index in [0.717, 1.165) is 16.5 Å². The molecule has 2 aromatic rings. The summed E-state index contributed by atoms with van der Waals surface area (Å²) in [6, 6.07) is 14.9. The minimum absolute atomic E-state index is 0.146. The molecule has 1 fully saturated rings. The molecule has 2 aromatic carbocycles. The van der Waals surface area contributed by atoms with Gasteiger partial charge in [0.25, 0.3) is 0 Å². The number of nitrogens with zero attached hydrogens (tertiary/aromatic N) is 1. The fraction of sp³-hybridized carbons (Fsp3) is 0.318. The maximum absolute atomic E-state index is 12.8. The number of rotatable bonds is 4. The third kappa shape index (κ3) is 3.95. The van der Waals surface area contributed by atoms with Crippen LogP contribution in [0.15, 0.2) is 64.9 Å². The minimum atomic E-state index is -1.62. The zero-order valence-corrected chi connectivity index (χ0v) is 17.1. The Morgan fingerprint density at radius 3 is 2.73 bits per heavy atom. The van der Waals surface area contributed by atoms with Crippen LogP contribution in [-0.4, -0.2) is 19.5 Å². The number of benzene rings is 2. The van der Waals surface area contributed by atoms with E-state index in [0.29, 0.717) is 10.5 Å². The second-order valence-electron chi connectivity index (χ2n) is 6.88. The maximum atomic E-state index is 12.8. The van der Waals surface area contributed by atoms with E-state index in [4.69, 9.17) is 0 Å². The third-order valence-electron chi connectivity index (χ3n) is 5.05. The van der Waals surface area contributed by atoms with Crippen LogP contribution in [0.1, 0.15) is 32.1 Å². The van der Waals surface area contributed by atoms with Crippen molar-refractivity contribution in [2.75, 3.05) is 9.74 Å². The van der Waals surface area contributed by atoms with E-state index in [1.807, 2.05) is 24.3 Å². The van der Waals surface area contributed by atoms with Gasteiger partial charge in [-0.2, -0.15) is 0 Å². The van der Waals surface area contributed by atoms with Gasteiger partial charge in [-0.05, 0) is 0 Å². The first kappa shape index (κ1) is 17.6. The van der Waals surface area contributed by atoms with E-state index in [2.05, 4.69) is 49.1 Å². The van der Waals surface area contributed by atoms with Crippen molar-refractivity contribution in [2.45, 2.75) is 38.1 Å². The van der Waals surface area contributed by atoms with Gasteiger partial charge >= 0.3 is 163 Å². The number of carbonyl (C=O) groups excluding carboxylic acids is 1. The number of anilines is 1. The van der Waals surface area contributed by atoms with Crippen molar-refractivity contribution >= 4 is 42.5 Å². The molecular weight excluding hydrogens is 435 g/mol. The van der Waals surface area contributed by atoms with Gasteiger partial charge in [0.2, 0.25) is 0 Å². The summed E-state index contributed by atoms with van der Waals surface area (Å²) in [6.07, 6.45) is 13.1. The Labute approximate surface area is 162 Å². The molecule has 1 aliphatic carbocycles. The molecule has 4 heteroatoms. The van der Waals surface area contributed by atoms with Crippen LogP contribution < -0.4 is 5.32 Å². The van der Waals surface area contributed by atoms with Crippen LogP contribution in [0.5, 0.6) is 0 Å². The first-order valence-corrected chi connectivity index (χ1v) is 13.1. The van der Waals surface area contributed by atoms with E-state index in [9.17, 15) is 4.79 Å². The van der Waals surface area contributed by atoms with Gasteiger partial charge in [-0.1, -0.05) is 0 Å². The molecule has 0 spiro atoms. The van der Waals surface area contributed by atoms with E-state index >= 15 is 0 Å². The summed E-state index contributed by atoms with van der Waals surface area (Å²) in [7, 11) is 0. The number of fused-ring (bicyclic) bond motifs is 1. The number of halogens is 1. The van der Waals surface area contributed by atoms with Gasteiger partial charge in [-0.3, -0.25) is 0 Å². The van der Waals surface area contributed by atoms with Crippen molar-refractivity contribution in [1.29, 1.82) is 0 Å². The van der Waals surface area contributed by atoms with Gasteiger partial charge in [-0.25, -0.2) is 0 Å². The van der Waals surface area contributed by atoms with E-state index in [1.165, 1.54) is 32.1 Å². The number of hydrogen-bond acceptors (Lipinski definition) is 2. The Morgan fingerprint density at radius 2 is 1.85 bits per heavy atom. The standard InChI is InChI=1S/C22H25IN2O/c26-22(24-21-14-8-10-18-9-4-5-13-20(18)21)17-23-15-6-7-16-25(23)19-11-2-1-3-12-19/h4-10,13-16,19H,1-3,11-12,17H2,(H,24,26). The monoisotopic (exact) mass is 460 g/mol. The molecule has 4 rings (SSSR count). The van der Waals surface area contributed by atoms with Gasteiger partial charge in [0, 0.05) is 0 Å². The number of hydrogen-bond donors (Lipinski definition) is 1. The van der Waals surface area contributed by atoms with E-state index in [1.54, 1.807) is 0 Å². The molecule has 0 unspecified atom stereocenters. The molecule has 1 heterocycles. The van der Waals surface area contributed by atoms with Crippen LogP contribution in [-0.2, 0) is 4.79 Å². The SMILES string of the molecule is O=C(CI1C=CC=CN1C1CCCCC1)Nc1cccc2ccccc12. The van der Waals surface area contributed by atoms with Gasteiger partial charge in [0.05, 0.1) is 0 Å². The van der Waals surface area contributed by atoms with Crippen molar-refractivity contribution in [3.8, 4) is 0 Å². The van der Waals surface area contributed by atoms with Gasteiger partial charge in [0.1, 0.15) is 0 Å². The number of carbonyl (C=O) groups is 1. The van der Waals surface area contributed by atoms with Crippen molar-refractivity contribution in [3.63, 3.8) is 0 Å². The summed E-state index contributed by atoms with van der Waals surface area (Å²) < 4.78 is 5.53. The summed E-state index contributed by atoms with van der Waals surface area (Å²) in [4.78, 5) is 12.8. The number of allylic oxidation sites excluding steroid dienone is 2. The molecule has 0 saturated heterocycles. The molecule has 0 radical (unpaired) electrons. The van der Waals surface area contributed by atoms with E-state index < -0.39 is 20.1 Å². The molecule has 1 N–H and O–H groups in total. The van der Waals surface area contributed by atoms with Crippen molar-refractivity contribution in [3.05, 3.63) is 64.9 Å². The van der Waals surface area contributed by atoms with Crippen LogP contribution in [0.3, 0.4) is 0 Å². The van der Waals surface area contributed by atoms with Crippen LogP contribution in [0.4, 0.5) is 5.69 Å². The summed E-state index contributed by atoms with van der Waals surface area (Å²) in [5.74, 6) is 0.146. The fourth-order valence-electron chi connectivity index (χ4n) is 3.78. The predicted molar refractivity (Wildman–Crippen MR) is 118 cm³/mol. The van der Waals surface area contributed by atoms with Crippen LogP contribution >= 0.6 is 20.1 Å². The second kappa shape index (κ2) is 8.25. The first-order valence-electron chi connectivity index (χ1n) is 9.37. The third-order valence-corrected chi connectivity index (χ3v) is 10.3. The van der Waals surface area contributed by atoms with Crippen molar-refractivity contribution in [2.24, 2.45) is 0 Å². The Kier molecular flexibility index (Phi) is 5.58. The summed E-state index contributed by atoms with van der Waals surface area (Å²) in [6.45, 7) is 0. The predicted octanol–water partition coefficient (Wildman–Crippen LogP) is 5.88. The number of nitrogens with one attached hydrogen (secondary N) is 1. The van der Waals surface area contributed by atoms with Crippen molar-refractivity contribution in [1.82, 2.24) is 3.11 Å². The molecule has 0 aromatic heterocycles. The summed E-state index contributed by atoms with van der Waals surface area (Å²) in [5.41, 5.74) is 0.921. The van der Waals surface area contributed by atoms with Crippen LogP contribution in [0.25, 0.3) is 10.8 Å². The second-order valence-corrected chi connectivity index (χ2v) is 11.6. The van der Waals surface area contributed by atoms with Crippen molar-refractivity contribution < 1.29 is 4.79 Å². The molecule has 3 nitrogen and oxygen atoms in total. The van der Waals surface area contributed by atoms with Gasteiger partial charge in [0.15, 0.2) is 0 Å². The Balaban J connectivity index is 1.46. The number of amides is 1. The molecule has 0 atom stereocenters. The molecule has 2 aliphatic rings. The molecule has 0 bridgehead atoms. The van der Waals surface area contributed by atoms with Gasteiger partial charge in [-0.15, -0.1) is 0 Å². The zero-order chi connectivity index (χ0) is 17.8. The topological polar surface area (TPSA) is 32.3 Å². The zero-order valence-electron chi connectivity index (χ0n) is 14.9. The molecule has 1 amide bonds. The Morgan fingerprint density at radius 1 is 1.04 bits per heavy atom. The van der Waals surface area contributed by atoms with Crippen LogP contribution in [0, 0.1) is 0 Å².